The van der Waals surface area contributed by atoms with Crippen LogP contribution in [-0.2, 0) is 6.18 Å². The molecular weight excluding hydrogens is 419 g/mol. The van der Waals surface area contributed by atoms with Crippen LogP contribution in [0.2, 0.25) is 0 Å². The molecule has 2 aromatic carbocycles. The third-order valence-electron chi connectivity index (χ3n) is 5.60. The number of amides is 2. The number of unbranched alkanes of at least 4 members (excludes halogenated alkanes) is 7. The van der Waals surface area contributed by atoms with Gasteiger partial charge in [-0.25, -0.2) is 0 Å². The summed E-state index contributed by atoms with van der Waals surface area (Å²) < 4.78 is 43.1. The van der Waals surface area contributed by atoms with E-state index in [1.807, 2.05) is 0 Å². The zero-order valence-electron chi connectivity index (χ0n) is 18.0. The van der Waals surface area contributed by atoms with Gasteiger partial charge in [-0.1, -0.05) is 50.7 Å². The van der Waals surface area contributed by atoms with Crippen molar-refractivity contribution < 1.29 is 27.5 Å². The van der Waals surface area contributed by atoms with Crippen LogP contribution >= 0.6 is 0 Å². The monoisotopic (exact) mass is 447 g/mol. The van der Waals surface area contributed by atoms with Crippen LogP contribution in [0.25, 0.3) is 0 Å². The Morgan fingerprint density at radius 1 is 0.688 bits per heavy atom. The van der Waals surface area contributed by atoms with Gasteiger partial charge in [0, 0.05) is 6.54 Å². The fourth-order valence-electron chi connectivity index (χ4n) is 3.81. The highest BCUT2D eigenvalue weighted by atomic mass is 19.4. The number of carbonyl (C=O) groups excluding carboxylic acids is 2. The van der Waals surface area contributed by atoms with Gasteiger partial charge in [-0.15, -0.1) is 0 Å². The van der Waals surface area contributed by atoms with E-state index in [1.54, 1.807) is 24.3 Å². The molecule has 172 valence electrons. The average molecular weight is 447 g/mol. The molecule has 32 heavy (non-hydrogen) atoms. The lowest BCUT2D eigenvalue weighted by atomic mass is 10.1. The number of ether oxygens (including phenoxy) is 1. The van der Waals surface area contributed by atoms with Crippen molar-refractivity contribution in [2.45, 2.75) is 57.5 Å². The molecule has 1 aliphatic rings. The summed E-state index contributed by atoms with van der Waals surface area (Å²) in [5, 5.41) is 0. The Labute approximate surface area is 186 Å². The molecule has 0 N–H and O–H groups in total. The molecule has 0 saturated carbocycles. The molecule has 2 amide bonds. The molecule has 2 aromatic rings. The van der Waals surface area contributed by atoms with E-state index in [1.165, 1.54) is 17.0 Å². The van der Waals surface area contributed by atoms with Gasteiger partial charge < -0.3 is 4.74 Å². The Kier molecular flexibility index (Phi) is 8.31. The molecule has 0 spiro atoms. The molecule has 0 bridgehead atoms. The van der Waals surface area contributed by atoms with E-state index >= 15 is 0 Å². The minimum atomic E-state index is -4.33. The summed E-state index contributed by atoms with van der Waals surface area (Å²) in [6.07, 6.45) is 3.68. The minimum absolute atomic E-state index is 0.191. The van der Waals surface area contributed by atoms with Crippen molar-refractivity contribution in [1.82, 2.24) is 4.90 Å². The van der Waals surface area contributed by atoms with Crippen LogP contribution in [-0.4, -0.2) is 29.9 Å². The van der Waals surface area contributed by atoms with E-state index in [9.17, 15) is 22.8 Å². The van der Waals surface area contributed by atoms with Gasteiger partial charge >= 0.3 is 6.18 Å². The Balaban J connectivity index is 1.18. The van der Waals surface area contributed by atoms with Gasteiger partial charge in [0.15, 0.2) is 0 Å². The molecule has 0 radical (unpaired) electrons. The van der Waals surface area contributed by atoms with Crippen LogP contribution in [0.1, 0.15) is 77.6 Å². The molecule has 1 aliphatic heterocycles. The van der Waals surface area contributed by atoms with Gasteiger partial charge in [0.2, 0.25) is 0 Å². The van der Waals surface area contributed by atoms with Gasteiger partial charge in [-0.2, -0.15) is 13.2 Å². The summed E-state index contributed by atoms with van der Waals surface area (Å²) in [7, 11) is 0. The fraction of sp³-hybridized carbons (Fsp3) is 0.440. The minimum Gasteiger partial charge on any atom is -0.494 e. The number of fused-ring (bicyclic) bond motifs is 1. The Morgan fingerprint density at radius 3 is 1.72 bits per heavy atom. The predicted octanol–water partition coefficient (Wildman–Crippen LogP) is 6.50. The standard InChI is InChI=1S/C25H28F3NO3/c26-25(27,28)19-13-15-20(16-14-19)32-18-10-6-4-2-1-3-5-9-17-29-23(30)21-11-7-8-12-22(21)24(29)31/h7-8,11-16H,1-6,9-10,17-18H2. The second-order valence-corrected chi connectivity index (χ2v) is 8.01. The molecule has 0 unspecified atom stereocenters. The first-order valence-electron chi connectivity index (χ1n) is 11.1. The zero-order valence-corrected chi connectivity index (χ0v) is 18.0. The fourth-order valence-corrected chi connectivity index (χ4v) is 3.81. The largest absolute Gasteiger partial charge is 0.494 e. The van der Waals surface area contributed by atoms with E-state index in [4.69, 9.17) is 4.74 Å². The topological polar surface area (TPSA) is 46.6 Å². The van der Waals surface area contributed by atoms with Crippen LogP contribution in [0, 0.1) is 0 Å². The zero-order chi connectivity index (χ0) is 23.0. The first-order valence-corrected chi connectivity index (χ1v) is 11.1. The van der Waals surface area contributed by atoms with E-state index in [2.05, 4.69) is 0 Å². The van der Waals surface area contributed by atoms with Crippen LogP contribution in [0.15, 0.2) is 48.5 Å². The number of alkyl halides is 3. The second-order valence-electron chi connectivity index (χ2n) is 8.01. The molecule has 0 aliphatic carbocycles. The summed E-state index contributed by atoms with van der Waals surface area (Å²) in [5.74, 6) is 0.0734. The molecule has 0 aromatic heterocycles. The van der Waals surface area contributed by atoms with Gasteiger partial charge in [0.05, 0.1) is 23.3 Å². The van der Waals surface area contributed by atoms with Gasteiger partial charge in [-0.3, -0.25) is 14.5 Å². The summed E-state index contributed by atoms with van der Waals surface area (Å²) in [4.78, 5) is 25.9. The molecule has 1 heterocycles. The maximum atomic E-state index is 12.5. The van der Waals surface area contributed by atoms with Crippen molar-refractivity contribution in [3.05, 3.63) is 65.2 Å². The van der Waals surface area contributed by atoms with E-state index in [0.29, 0.717) is 30.0 Å². The average Bonchev–Trinajstić information content (AvgIpc) is 3.02. The Morgan fingerprint density at radius 2 is 1.19 bits per heavy atom. The second kappa shape index (κ2) is 11.2. The van der Waals surface area contributed by atoms with Crippen LogP contribution in [0.5, 0.6) is 5.75 Å². The molecule has 0 atom stereocenters. The number of benzene rings is 2. The SMILES string of the molecule is O=C1c2ccccc2C(=O)N1CCCCCCCCCCOc1ccc(C(F)(F)F)cc1. The highest BCUT2D eigenvalue weighted by Gasteiger charge is 2.34. The normalized spacial score (nSPS) is 13.5. The summed E-state index contributed by atoms with van der Waals surface area (Å²) >= 11 is 0. The third kappa shape index (κ3) is 6.34. The molecule has 4 nitrogen and oxygen atoms in total. The van der Waals surface area contributed by atoms with Crippen LogP contribution in [0.4, 0.5) is 13.2 Å². The maximum absolute atomic E-state index is 12.5. The number of carbonyl (C=O) groups is 2. The number of imide groups is 1. The van der Waals surface area contributed by atoms with Gasteiger partial charge in [0.25, 0.3) is 11.8 Å². The lowest BCUT2D eigenvalue weighted by Gasteiger charge is -2.13. The van der Waals surface area contributed by atoms with Crippen molar-refractivity contribution >= 4 is 11.8 Å². The van der Waals surface area contributed by atoms with Crippen molar-refractivity contribution in [1.29, 1.82) is 0 Å². The van der Waals surface area contributed by atoms with Crippen molar-refractivity contribution in [2.75, 3.05) is 13.2 Å². The maximum Gasteiger partial charge on any atom is 0.416 e. The predicted molar refractivity (Wildman–Crippen MR) is 116 cm³/mol. The number of halogens is 3. The molecular formula is C25H28F3NO3. The van der Waals surface area contributed by atoms with Crippen molar-refractivity contribution in [3.8, 4) is 5.75 Å². The molecule has 0 fully saturated rings. The number of rotatable bonds is 12. The quantitative estimate of drug-likeness (QED) is 0.276. The molecule has 3 rings (SSSR count). The Bertz CT molecular complexity index is 874. The van der Waals surface area contributed by atoms with Crippen LogP contribution < -0.4 is 4.74 Å². The highest BCUT2D eigenvalue weighted by molar-refractivity contribution is 6.21. The lowest BCUT2D eigenvalue weighted by Crippen LogP contribution is -2.30. The van der Waals surface area contributed by atoms with Crippen molar-refractivity contribution in [3.63, 3.8) is 0 Å². The van der Waals surface area contributed by atoms with E-state index in [-0.39, 0.29) is 11.8 Å². The molecule has 7 heteroatoms. The smallest absolute Gasteiger partial charge is 0.416 e. The van der Waals surface area contributed by atoms with Crippen molar-refractivity contribution in [2.24, 2.45) is 0 Å². The number of nitrogens with zero attached hydrogens (tertiary/aromatic N) is 1. The number of hydrogen-bond donors (Lipinski definition) is 0. The van der Waals surface area contributed by atoms with E-state index in [0.717, 1.165) is 63.5 Å². The Hall–Kier alpha value is -2.83. The number of hydrogen-bond acceptors (Lipinski definition) is 3. The third-order valence-corrected chi connectivity index (χ3v) is 5.60. The first kappa shape index (κ1) is 23.8. The first-order chi connectivity index (χ1) is 15.4. The lowest BCUT2D eigenvalue weighted by molar-refractivity contribution is -0.137. The van der Waals surface area contributed by atoms with Crippen LogP contribution in [0.3, 0.4) is 0 Å². The summed E-state index contributed by atoms with van der Waals surface area (Å²) in [6.45, 7) is 0.958. The van der Waals surface area contributed by atoms with E-state index < -0.39 is 11.7 Å². The van der Waals surface area contributed by atoms with Gasteiger partial charge in [-0.05, 0) is 49.2 Å². The summed E-state index contributed by atoms with van der Waals surface area (Å²) in [5.41, 5.74) is 0.327. The van der Waals surface area contributed by atoms with Gasteiger partial charge in [0.1, 0.15) is 5.75 Å². The highest BCUT2D eigenvalue weighted by Crippen LogP contribution is 2.30. The molecule has 0 saturated heterocycles. The summed E-state index contributed by atoms with van der Waals surface area (Å²) in [6, 6.07) is 11.7.